The summed E-state index contributed by atoms with van der Waals surface area (Å²) in [7, 11) is 0. The van der Waals surface area contributed by atoms with Crippen molar-refractivity contribution in [2.24, 2.45) is 0 Å². The summed E-state index contributed by atoms with van der Waals surface area (Å²) in [5.74, 6) is 1.76. The van der Waals surface area contributed by atoms with E-state index in [0.29, 0.717) is 30.5 Å². The van der Waals surface area contributed by atoms with Crippen LogP contribution in [0.5, 0.6) is 0 Å². The minimum absolute atomic E-state index is 0.463. The van der Waals surface area contributed by atoms with E-state index < -0.39 is 0 Å². The zero-order valence-electron chi connectivity index (χ0n) is 14.9. The maximum atomic E-state index is 5.48. The molecular formula is C16H25N7O2. The summed E-state index contributed by atoms with van der Waals surface area (Å²) >= 11 is 0. The first kappa shape index (κ1) is 16.5. The fourth-order valence-electron chi connectivity index (χ4n) is 3.79. The van der Waals surface area contributed by atoms with Gasteiger partial charge in [0.2, 0.25) is 11.3 Å². The Kier molecular flexibility index (Phi) is 4.67. The van der Waals surface area contributed by atoms with Crippen LogP contribution in [0.3, 0.4) is 0 Å². The molecule has 2 aromatic rings. The molecule has 25 heavy (non-hydrogen) atoms. The highest BCUT2D eigenvalue weighted by atomic mass is 16.6. The average Bonchev–Trinajstić information content (AvgIpc) is 3.31. The minimum atomic E-state index is 0.463. The van der Waals surface area contributed by atoms with Crippen LogP contribution in [0.4, 0.5) is 11.6 Å². The van der Waals surface area contributed by atoms with Gasteiger partial charge in [0, 0.05) is 32.2 Å². The molecule has 4 rings (SSSR count). The molecule has 0 aliphatic carbocycles. The molecule has 136 valence electrons. The van der Waals surface area contributed by atoms with Gasteiger partial charge in [0.15, 0.2) is 11.6 Å². The number of hydrogen-bond donors (Lipinski definition) is 0. The lowest BCUT2D eigenvalue weighted by molar-refractivity contribution is 0.122. The lowest BCUT2D eigenvalue weighted by Gasteiger charge is -2.31. The summed E-state index contributed by atoms with van der Waals surface area (Å²) in [6.45, 7) is 11.6. The van der Waals surface area contributed by atoms with Gasteiger partial charge in [-0.3, -0.25) is 4.90 Å². The number of hydrogen-bond acceptors (Lipinski definition) is 9. The zero-order chi connectivity index (χ0) is 17.2. The van der Waals surface area contributed by atoms with E-state index in [4.69, 9.17) is 19.3 Å². The lowest BCUT2D eigenvalue weighted by Crippen LogP contribution is -2.39. The van der Waals surface area contributed by atoms with Gasteiger partial charge >= 0.3 is 0 Å². The van der Waals surface area contributed by atoms with Gasteiger partial charge in [0.1, 0.15) is 0 Å². The third kappa shape index (κ3) is 3.13. The van der Waals surface area contributed by atoms with Crippen LogP contribution in [0.15, 0.2) is 4.63 Å². The molecule has 0 N–H and O–H groups in total. The third-order valence-corrected chi connectivity index (χ3v) is 5.18. The van der Waals surface area contributed by atoms with Crippen molar-refractivity contribution in [1.29, 1.82) is 0 Å². The Morgan fingerprint density at radius 1 is 0.960 bits per heavy atom. The number of nitrogens with zero attached hydrogens (tertiary/aromatic N) is 7. The molecule has 0 unspecified atom stereocenters. The van der Waals surface area contributed by atoms with Crippen molar-refractivity contribution in [3.05, 3.63) is 0 Å². The number of morpholine rings is 1. The van der Waals surface area contributed by atoms with E-state index >= 15 is 0 Å². The molecule has 0 amide bonds. The zero-order valence-corrected chi connectivity index (χ0v) is 14.9. The molecule has 0 bridgehead atoms. The molecule has 0 spiro atoms. The molecule has 2 aliphatic rings. The largest absolute Gasteiger partial charge is 0.378 e. The van der Waals surface area contributed by atoms with Gasteiger partial charge < -0.3 is 14.5 Å². The fraction of sp³-hybridized carbons (Fsp3) is 0.750. The second kappa shape index (κ2) is 7.09. The molecular weight excluding hydrogens is 322 g/mol. The number of aromatic nitrogens is 4. The number of rotatable bonds is 5. The van der Waals surface area contributed by atoms with E-state index in [1.165, 1.54) is 0 Å². The monoisotopic (exact) mass is 347 g/mol. The van der Waals surface area contributed by atoms with Gasteiger partial charge in [-0.25, -0.2) is 14.6 Å². The molecule has 2 fully saturated rings. The second-order valence-electron chi connectivity index (χ2n) is 6.49. The van der Waals surface area contributed by atoms with E-state index in [9.17, 15) is 0 Å². The SMILES string of the molecule is CCN(CC)[C@H]1CCN(c2nc3nonc3nc2N2CCOCC2)C1. The lowest BCUT2D eigenvalue weighted by atomic mass is 10.2. The van der Waals surface area contributed by atoms with Crippen LogP contribution in [-0.2, 0) is 4.74 Å². The average molecular weight is 347 g/mol. The molecule has 2 aromatic heterocycles. The molecule has 2 saturated heterocycles. The van der Waals surface area contributed by atoms with Gasteiger partial charge in [-0.15, -0.1) is 0 Å². The first-order valence-electron chi connectivity index (χ1n) is 9.12. The molecule has 0 saturated carbocycles. The van der Waals surface area contributed by atoms with Gasteiger partial charge in [-0.2, -0.15) is 0 Å². The topological polar surface area (TPSA) is 83.7 Å². The highest BCUT2D eigenvalue weighted by molar-refractivity contribution is 5.75. The summed E-state index contributed by atoms with van der Waals surface area (Å²) in [4.78, 5) is 16.5. The van der Waals surface area contributed by atoms with Gasteiger partial charge in [0.05, 0.1) is 13.2 Å². The van der Waals surface area contributed by atoms with Crippen molar-refractivity contribution in [2.45, 2.75) is 26.3 Å². The Labute approximate surface area is 146 Å². The summed E-state index contributed by atoms with van der Waals surface area (Å²) in [6, 6.07) is 0.556. The van der Waals surface area contributed by atoms with Crippen molar-refractivity contribution in [2.75, 3.05) is 62.3 Å². The molecule has 9 heteroatoms. The molecule has 9 nitrogen and oxygen atoms in total. The third-order valence-electron chi connectivity index (χ3n) is 5.18. The van der Waals surface area contributed by atoms with Crippen molar-refractivity contribution >= 4 is 22.9 Å². The second-order valence-corrected chi connectivity index (χ2v) is 6.49. The summed E-state index contributed by atoms with van der Waals surface area (Å²) in [6.07, 6.45) is 1.14. The van der Waals surface area contributed by atoms with E-state index in [-0.39, 0.29) is 0 Å². The molecule has 1 atom stereocenters. The normalized spacial score (nSPS) is 21.6. The van der Waals surface area contributed by atoms with Gasteiger partial charge in [-0.05, 0) is 29.8 Å². The summed E-state index contributed by atoms with van der Waals surface area (Å²) in [5.41, 5.74) is 0.933. The van der Waals surface area contributed by atoms with Crippen LogP contribution in [0, 0.1) is 0 Å². The van der Waals surface area contributed by atoms with Crippen LogP contribution in [0.25, 0.3) is 11.3 Å². The van der Waals surface area contributed by atoms with Crippen LogP contribution in [0.2, 0.25) is 0 Å². The number of ether oxygens (including phenoxy) is 1. The summed E-state index contributed by atoms with van der Waals surface area (Å²) < 4.78 is 10.3. The number of anilines is 2. The van der Waals surface area contributed by atoms with Crippen LogP contribution in [-0.4, -0.2) is 83.7 Å². The molecule has 2 aliphatic heterocycles. The highest BCUT2D eigenvalue weighted by Gasteiger charge is 2.31. The Morgan fingerprint density at radius 3 is 2.24 bits per heavy atom. The van der Waals surface area contributed by atoms with Crippen molar-refractivity contribution < 1.29 is 9.37 Å². The summed E-state index contributed by atoms with van der Waals surface area (Å²) in [5, 5.41) is 7.75. The van der Waals surface area contributed by atoms with E-state index in [0.717, 1.165) is 57.3 Å². The first-order chi connectivity index (χ1) is 12.3. The van der Waals surface area contributed by atoms with Crippen molar-refractivity contribution in [3.8, 4) is 0 Å². The predicted molar refractivity (Wildman–Crippen MR) is 94.0 cm³/mol. The van der Waals surface area contributed by atoms with E-state index in [2.05, 4.69) is 38.9 Å². The van der Waals surface area contributed by atoms with Crippen LogP contribution >= 0.6 is 0 Å². The Hall–Kier alpha value is -2.00. The quantitative estimate of drug-likeness (QED) is 0.778. The predicted octanol–water partition coefficient (Wildman–Crippen LogP) is 0.770. The van der Waals surface area contributed by atoms with E-state index in [1.807, 2.05) is 0 Å². The Bertz CT molecular complexity index is 712. The van der Waals surface area contributed by atoms with Crippen molar-refractivity contribution in [3.63, 3.8) is 0 Å². The van der Waals surface area contributed by atoms with Crippen LogP contribution < -0.4 is 9.80 Å². The smallest absolute Gasteiger partial charge is 0.245 e. The minimum Gasteiger partial charge on any atom is -0.378 e. The standard InChI is InChI=1S/C16H25N7O2/c1-3-21(4-2)12-5-6-23(11-12)16-15(22-7-9-24-10-8-22)17-13-14(18-16)20-25-19-13/h12H,3-11H2,1-2H3/t12-/m0/s1. The van der Waals surface area contributed by atoms with Crippen molar-refractivity contribution in [1.82, 2.24) is 25.2 Å². The van der Waals surface area contributed by atoms with Gasteiger partial charge in [-0.1, -0.05) is 13.8 Å². The number of fused-ring (bicyclic) bond motifs is 1. The fourth-order valence-corrected chi connectivity index (χ4v) is 3.79. The molecule has 0 radical (unpaired) electrons. The molecule has 4 heterocycles. The van der Waals surface area contributed by atoms with E-state index in [1.54, 1.807) is 0 Å². The molecule has 0 aromatic carbocycles. The van der Waals surface area contributed by atoms with Crippen LogP contribution in [0.1, 0.15) is 20.3 Å². The maximum absolute atomic E-state index is 5.48. The maximum Gasteiger partial charge on any atom is 0.245 e. The first-order valence-corrected chi connectivity index (χ1v) is 9.12. The highest BCUT2D eigenvalue weighted by Crippen LogP contribution is 2.31. The Morgan fingerprint density at radius 2 is 1.60 bits per heavy atom. The van der Waals surface area contributed by atoms with Gasteiger partial charge in [0.25, 0.3) is 0 Å². The number of likely N-dealkylation sites (N-methyl/N-ethyl adjacent to an activating group) is 1. The Balaban J connectivity index is 1.65.